The Morgan fingerprint density at radius 3 is 2.35 bits per heavy atom. The SMILES string of the molecule is CCOc1cc(C)c(C(N)CN)cc1C(C)C. The van der Waals surface area contributed by atoms with Crippen LogP contribution in [0.25, 0.3) is 0 Å². The molecule has 0 aliphatic carbocycles. The van der Waals surface area contributed by atoms with Gasteiger partial charge in [0.15, 0.2) is 0 Å². The van der Waals surface area contributed by atoms with Crippen LogP contribution in [0.3, 0.4) is 0 Å². The Hall–Kier alpha value is -1.06. The summed E-state index contributed by atoms with van der Waals surface area (Å²) in [6, 6.07) is 4.12. The second-order valence-electron chi connectivity index (χ2n) is 4.68. The van der Waals surface area contributed by atoms with E-state index in [0.717, 1.165) is 16.9 Å². The zero-order chi connectivity index (χ0) is 13.0. The molecule has 0 aliphatic heterocycles. The number of nitrogens with two attached hydrogens (primary N) is 2. The van der Waals surface area contributed by atoms with E-state index in [0.29, 0.717) is 19.1 Å². The molecular weight excluding hydrogens is 212 g/mol. The number of rotatable bonds is 5. The van der Waals surface area contributed by atoms with Gasteiger partial charge in [0.25, 0.3) is 0 Å². The molecule has 0 fully saturated rings. The van der Waals surface area contributed by atoms with Gasteiger partial charge in [0.2, 0.25) is 0 Å². The largest absolute Gasteiger partial charge is 0.494 e. The second-order valence-corrected chi connectivity index (χ2v) is 4.68. The van der Waals surface area contributed by atoms with Crippen LogP contribution < -0.4 is 16.2 Å². The molecule has 0 saturated heterocycles. The fourth-order valence-electron chi connectivity index (χ4n) is 1.97. The standard InChI is InChI=1S/C14H24N2O/c1-5-17-14-6-10(4)12(13(16)8-15)7-11(14)9(2)3/h6-7,9,13H,5,8,15-16H2,1-4H3. The normalized spacial score (nSPS) is 12.9. The summed E-state index contributed by atoms with van der Waals surface area (Å²) >= 11 is 0. The Kier molecular flexibility index (Phi) is 4.97. The fourth-order valence-corrected chi connectivity index (χ4v) is 1.97. The molecule has 3 heteroatoms. The smallest absolute Gasteiger partial charge is 0.123 e. The van der Waals surface area contributed by atoms with Gasteiger partial charge >= 0.3 is 0 Å². The number of benzene rings is 1. The lowest BCUT2D eigenvalue weighted by atomic mass is 9.93. The minimum atomic E-state index is -0.0943. The van der Waals surface area contributed by atoms with Crippen molar-refractivity contribution in [2.75, 3.05) is 13.2 Å². The van der Waals surface area contributed by atoms with Gasteiger partial charge in [0.1, 0.15) is 5.75 Å². The molecule has 17 heavy (non-hydrogen) atoms. The van der Waals surface area contributed by atoms with E-state index < -0.39 is 0 Å². The van der Waals surface area contributed by atoms with Crippen molar-refractivity contribution in [3.63, 3.8) is 0 Å². The number of aryl methyl sites for hydroxylation is 1. The molecule has 0 spiro atoms. The van der Waals surface area contributed by atoms with E-state index in [4.69, 9.17) is 16.2 Å². The lowest BCUT2D eigenvalue weighted by Crippen LogP contribution is -2.22. The first-order valence-electron chi connectivity index (χ1n) is 6.24. The van der Waals surface area contributed by atoms with Crippen LogP contribution in [0.1, 0.15) is 49.4 Å². The van der Waals surface area contributed by atoms with Gasteiger partial charge in [-0.25, -0.2) is 0 Å². The Balaban J connectivity index is 3.24. The van der Waals surface area contributed by atoms with Crippen molar-refractivity contribution < 1.29 is 4.74 Å². The first-order chi connectivity index (χ1) is 8.01. The summed E-state index contributed by atoms with van der Waals surface area (Å²) in [6.07, 6.45) is 0. The number of hydrogen-bond donors (Lipinski definition) is 2. The third-order valence-electron chi connectivity index (χ3n) is 2.97. The van der Waals surface area contributed by atoms with Gasteiger partial charge < -0.3 is 16.2 Å². The van der Waals surface area contributed by atoms with Crippen molar-refractivity contribution in [2.45, 2.75) is 39.7 Å². The minimum absolute atomic E-state index is 0.0943. The van der Waals surface area contributed by atoms with Crippen molar-refractivity contribution in [1.29, 1.82) is 0 Å². The lowest BCUT2D eigenvalue weighted by molar-refractivity contribution is 0.334. The van der Waals surface area contributed by atoms with Crippen LogP contribution >= 0.6 is 0 Å². The highest BCUT2D eigenvalue weighted by molar-refractivity contribution is 5.45. The van der Waals surface area contributed by atoms with Crippen LogP contribution in [0.15, 0.2) is 12.1 Å². The highest BCUT2D eigenvalue weighted by atomic mass is 16.5. The van der Waals surface area contributed by atoms with Crippen LogP contribution in [0.4, 0.5) is 0 Å². The summed E-state index contributed by atoms with van der Waals surface area (Å²) in [4.78, 5) is 0. The summed E-state index contributed by atoms with van der Waals surface area (Å²) in [5.41, 5.74) is 15.1. The van der Waals surface area contributed by atoms with E-state index in [9.17, 15) is 0 Å². The Morgan fingerprint density at radius 2 is 1.88 bits per heavy atom. The minimum Gasteiger partial charge on any atom is -0.494 e. The first kappa shape index (κ1) is 14.0. The molecule has 0 heterocycles. The maximum Gasteiger partial charge on any atom is 0.123 e. The van der Waals surface area contributed by atoms with Crippen LogP contribution in [0.5, 0.6) is 5.75 Å². The van der Waals surface area contributed by atoms with E-state index in [1.165, 1.54) is 5.56 Å². The highest BCUT2D eigenvalue weighted by Crippen LogP contribution is 2.31. The second kappa shape index (κ2) is 6.03. The molecule has 1 atom stereocenters. The summed E-state index contributed by atoms with van der Waals surface area (Å²) in [6.45, 7) is 9.51. The van der Waals surface area contributed by atoms with Gasteiger partial charge in [-0.1, -0.05) is 13.8 Å². The van der Waals surface area contributed by atoms with Crippen molar-refractivity contribution in [1.82, 2.24) is 0 Å². The van der Waals surface area contributed by atoms with Crippen LogP contribution in [0.2, 0.25) is 0 Å². The molecule has 0 aliphatic rings. The molecule has 1 rings (SSSR count). The maximum atomic E-state index is 6.02. The van der Waals surface area contributed by atoms with Crippen LogP contribution in [-0.2, 0) is 0 Å². The summed E-state index contributed by atoms with van der Waals surface area (Å²) in [7, 11) is 0. The fraction of sp³-hybridized carbons (Fsp3) is 0.571. The Labute approximate surface area is 104 Å². The lowest BCUT2D eigenvalue weighted by Gasteiger charge is -2.19. The summed E-state index contributed by atoms with van der Waals surface area (Å²) in [5, 5.41) is 0. The monoisotopic (exact) mass is 236 g/mol. The third kappa shape index (κ3) is 3.20. The predicted molar refractivity (Wildman–Crippen MR) is 72.4 cm³/mol. The van der Waals surface area contributed by atoms with Crippen molar-refractivity contribution in [3.8, 4) is 5.75 Å². The average Bonchev–Trinajstić information content (AvgIpc) is 2.28. The van der Waals surface area contributed by atoms with Gasteiger partial charge in [-0.05, 0) is 48.6 Å². The van der Waals surface area contributed by atoms with Crippen LogP contribution in [0, 0.1) is 6.92 Å². The van der Waals surface area contributed by atoms with E-state index in [2.05, 4.69) is 32.9 Å². The van der Waals surface area contributed by atoms with Crippen molar-refractivity contribution in [3.05, 3.63) is 28.8 Å². The van der Waals surface area contributed by atoms with Gasteiger partial charge in [-0.3, -0.25) is 0 Å². The molecule has 96 valence electrons. The van der Waals surface area contributed by atoms with E-state index in [1.807, 2.05) is 6.92 Å². The molecule has 3 nitrogen and oxygen atoms in total. The zero-order valence-corrected chi connectivity index (χ0v) is 11.3. The summed E-state index contributed by atoms with van der Waals surface area (Å²) in [5.74, 6) is 1.38. The molecule has 0 amide bonds. The number of ether oxygens (including phenoxy) is 1. The summed E-state index contributed by atoms with van der Waals surface area (Å²) < 4.78 is 5.68. The molecule has 1 unspecified atom stereocenters. The topological polar surface area (TPSA) is 61.3 Å². The molecule has 0 radical (unpaired) electrons. The predicted octanol–water partition coefficient (Wildman–Crippen LogP) is 2.48. The van der Waals surface area contributed by atoms with Crippen LogP contribution in [-0.4, -0.2) is 13.2 Å². The Bertz CT molecular complexity index is 375. The van der Waals surface area contributed by atoms with Gasteiger partial charge in [0, 0.05) is 12.6 Å². The molecule has 1 aromatic carbocycles. The maximum absolute atomic E-state index is 6.02. The van der Waals surface area contributed by atoms with Gasteiger partial charge in [-0.2, -0.15) is 0 Å². The molecule has 4 N–H and O–H groups in total. The molecular formula is C14H24N2O. The Morgan fingerprint density at radius 1 is 1.24 bits per heavy atom. The van der Waals surface area contributed by atoms with Crippen molar-refractivity contribution >= 4 is 0 Å². The van der Waals surface area contributed by atoms with E-state index >= 15 is 0 Å². The van der Waals surface area contributed by atoms with Crippen molar-refractivity contribution in [2.24, 2.45) is 11.5 Å². The third-order valence-corrected chi connectivity index (χ3v) is 2.97. The van der Waals surface area contributed by atoms with E-state index in [1.54, 1.807) is 0 Å². The molecule has 1 aromatic rings. The van der Waals surface area contributed by atoms with E-state index in [-0.39, 0.29) is 6.04 Å². The molecule has 0 aromatic heterocycles. The zero-order valence-electron chi connectivity index (χ0n) is 11.3. The molecule has 0 saturated carbocycles. The molecule has 0 bridgehead atoms. The highest BCUT2D eigenvalue weighted by Gasteiger charge is 2.14. The first-order valence-corrected chi connectivity index (χ1v) is 6.24. The number of hydrogen-bond acceptors (Lipinski definition) is 3. The average molecular weight is 236 g/mol. The quantitative estimate of drug-likeness (QED) is 0.825. The van der Waals surface area contributed by atoms with Gasteiger partial charge in [0.05, 0.1) is 6.61 Å². The van der Waals surface area contributed by atoms with Gasteiger partial charge in [-0.15, -0.1) is 0 Å².